The minimum Gasteiger partial charge on any atom is -0.372 e. The van der Waals surface area contributed by atoms with E-state index in [2.05, 4.69) is 39.3 Å². The second-order valence-corrected chi connectivity index (χ2v) is 10.6. The summed E-state index contributed by atoms with van der Waals surface area (Å²) < 4.78 is 29.2. The van der Waals surface area contributed by atoms with E-state index in [-0.39, 0.29) is 10.8 Å². The van der Waals surface area contributed by atoms with Gasteiger partial charge in [0.05, 0.1) is 4.90 Å². The maximum absolute atomic E-state index is 13.3. The number of aryl methyl sites for hydroxylation is 1. The van der Waals surface area contributed by atoms with Crippen LogP contribution < -0.4 is 20.3 Å². The fourth-order valence-electron chi connectivity index (χ4n) is 4.36. The first-order valence-electron chi connectivity index (χ1n) is 12.4. The molecule has 0 aliphatic carbocycles. The number of carbonyl (C=O) groups excluding carboxylic acids is 2. The van der Waals surface area contributed by atoms with Crippen molar-refractivity contribution in [3.63, 3.8) is 0 Å². The number of nitrogens with zero attached hydrogens (tertiary/aromatic N) is 1. The van der Waals surface area contributed by atoms with Gasteiger partial charge in [-0.2, -0.15) is 4.72 Å². The molecule has 0 spiro atoms. The molecule has 0 aromatic heterocycles. The van der Waals surface area contributed by atoms with E-state index in [9.17, 15) is 18.0 Å². The molecule has 0 unspecified atom stereocenters. The van der Waals surface area contributed by atoms with Gasteiger partial charge in [0.15, 0.2) is 0 Å². The summed E-state index contributed by atoms with van der Waals surface area (Å²) in [5.74, 6) is -0.504. The molecule has 194 valence electrons. The lowest BCUT2D eigenvalue weighted by atomic mass is 10.0. The van der Waals surface area contributed by atoms with Crippen molar-refractivity contribution in [2.75, 3.05) is 29.9 Å². The van der Waals surface area contributed by atoms with Gasteiger partial charge in [0.1, 0.15) is 6.04 Å². The molecule has 4 rings (SSSR count). The first kappa shape index (κ1) is 26.4. The first-order chi connectivity index (χ1) is 17.9. The van der Waals surface area contributed by atoms with Gasteiger partial charge in [0, 0.05) is 37.4 Å². The molecular weight excluding hydrogens is 488 g/mol. The molecule has 3 N–H and O–H groups in total. The maximum Gasteiger partial charge on any atom is 0.242 e. The number of nitrogens with one attached hydrogen (secondary N) is 3. The third-order valence-corrected chi connectivity index (χ3v) is 7.78. The lowest BCUT2D eigenvalue weighted by Gasteiger charge is -2.24. The number of hydrogen-bond acceptors (Lipinski definition) is 5. The highest BCUT2D eigenvalue weighted by Crippen LogP contribution is 2.26. The topological polar surface area (TPSA) is 108 Å². The molecule has 1 heterocycles. The summed E-state index contributed by atoms with van der Waals surface area (Å²) in [4.78, 5) is 27.1. The van der Waals surface area contributed by atoms with Gasteiger partial charge in [-0.05, 0) is 61.2 Å². The summed E-state index contributed by atoms with van der Waals surface area (Å²) in [6.07, 6.45) is 1.48. The van der Waals surface area contributed by atoms with Gasteiger partial charge in [-0.3, -0.25) is 9.59 Å². The Bertz CT molecular complexity index is 1330. The Morgan fingerprint density at radius 1 is 1.00 bits per heavy atom. The Balaban J connectivity index is 1.44. The van der Waals surface area contributed by atoms with Crippen LogP contribution in [0.5, 0.6) is 0 Å². The van der Waals surface area contributed by atoms with Crippen molar-refractivity contribution in [1.82, 2.24) is 10.0 Å². The van der Waals surface area contributed by atoms with Gasteiger partial charge >= 0.3 is 0 Å². The average molecular weight is 521 g/mol. The van der Waals surface area contributed by atoms with Gasteiger partial charge < -0.3 is 15.5 Å². The highest BCUT2D eigenvalue weighted by molar-refractivity contribution is 7.89. The van der Waals surface area contributed by atoms with Gasteiger partial charge in [-0.15, -0.1) is 0 Å². The predicted molar refractivity (Wildman–Crippen MR) is 145 cm³/mol. The molecule has 0 fully saturated rings. The fraction of sp³-hybridized carbons (Fsp3) is 0.286. The van der Waals surface area contributed by atoms with Crippen LogP contribution in [-0.4, -0.2) is 39.9 Å². The van der Waals surface area contributed by atoms with Crippen molar-refractivity contribution in [2.45, 2.75) is 37.1 Å². The standard InChI is InChI=1S/C28H32N4O4S/c1-2-32(23-12-7-4-8-13-23)19-9-18-29-28(34)27(21-10-5-3-6-11-21)31-37(35,36)24-15-16-25-22(20-24)14-17-26(33)30-25/h3-8,10-13,15-16,20,27,31H,2,9,14,17-19H2,1H3,(H,29,34)(H,30,33)/t27-/m1/s1. The number of carbonyl (C=O) groups is 2. The molecule has 37 heavy (non-hydrogen) atoms. The number of para-hydroxylation sites is 1. The fourth-order valence-corrected chi connectivity index (χ4v) is 5.59. The summed E-state index contributed by atoms with van der Waals surface area (Å²) in [5, 5.41) is 5.65. The molecular formula is C28H32N4O4S. The van der Waals surface area contributed by atoms with Gasteiger partial charge in [0.2, 0.25) is 21.8 Å². The van der Waals surface area contributed by atoms with Crippen LogP contribution in [0.15, 0.2) is 83.8 Å². The molecule has 2 amide bonds. The largest absolute Gasteiger partial charge is 0.372 e. The van der Waals surface area contributed by atoms with E-state index in [1.165, 1.54) is 6.07 Å². The molecule has 0 saturated carbocycles. The molecule has 1 aliphatic rings. The lowest BCUT2D eigenvalue weighted by Crippen LogP contribution is -2.41. The normalized spacial score (nSPS) is 13.8. The molecule has 3 aromatic carbocycles. The van der Waals surface area contributed by atoms with Crippen LogP contribution in [0.2, 0.25) is 0 Å². The minimum atomic E-state index is -4.02. The molecule has 3 aromatic rings. The number of rotatable bonds is 11. The van der Waals surface area contributed by atoms with E-state index in [0.717, 1.165) is 24.3 Å². The van der Waals surface area contributed by atoms with Crippen LogP contribution in [0.25, 0.3) is 0 Å². The van der Waals surface area contributed by atoms with Gasteiger partial charge in [-0.25, -0.2) is 8.42 Å². The summed E-state index contributed by atoms with van der Waals surface area (Å²) in [7, 11) is -4.02. The number of fused-ring (bicyclic) bond motifs is 1. The summed E-state index contributed by atoms with van der Waals surface area (Å²) in [6, 6.07) is 22.4. The second kappa shape index (κ2) is 12.0. The van der Waals surface area contributed by atoms with E-state index < -0.39 is 22.0 Å². The van der Waals surface area contributed by atoms with Crippen LogP contribution in [0.1, 0.15) is 36.9 Å². The Morgan fingerprint density at radius 3 is 2.41 bits per heavy atom. The number of anilines is 2. The number of hydrogen-bond donors (Lipinski definition) is 3. The zero-order valence-electron chi connectivity index (χ0n) is 20.8. The van der Waals surface area contributed by atoms with E-state index in [1.807, 2.05) is 24.3 Å². The molecule has 0 bridgehead atoms. The number of benzene rings is 3. The van der Waals surface area contributed by atoms with Crippen molar-refractivity contribution in [2.24, 2.45) is 0 Å². The molecule has 0 saturated heterocycles. The van der Waals surface area contributed by atoms with E-state index in [0.29, 0.717) is 37.1 Å². The molecule has 9 heteroatoms. The Hall–Kier alpha value is -3.69. The molecule has 0 radical (unpaired) electrons. The molecule has 8 nitrogen and oxygen atoms in total. The van der Waals surface area contributed by atoms with Crippen LogP contribution >= 0.6 is 0 Å². The molecule has 1 atom stereocenters. The Labute approximate surface area is 218 Å². The van der Waals surface area contributed by atoms with Gasteiger partial charge in [0.25, 0.3) is 0 Å². The van der Waals surface area contributed by atoms with E-state index in [1.54, 1.807) is 36.4 Å². The smallest absolute Gasteiger partial charge is 0.242 e. The highest BCUT2D eigenvalue weighted by Gasteiger charge is 2.28. The second-order valence-electron chi connectivity index (χ2n) is 8.89. The van der Waals surface area contributed by atoms with Crippen molar-refractivity contribution in [3.8, 4) is 0 Å². The van der Waals surface area contributed by atoms with Crippen molar-refractivity contribution < 1.29 is 18.0 Å². The third-order valence-electron chi connectivity index (χ3n) is 6.36. The lowest BCUT2D eigenvalue weighted by molar-refractivity contribution is -0.122. The minimum absolute atomic E-state index is 0.0533. The quantitative estimate of drug-likeness (QED) is 0.335. The maximum atomic E-state index is 13.3. The number of amides is 2. The average Bonchev–Trinajstić information content (AvgIpc) is 2.92. The highest BCUT2D eigenvalue weighted by atomic mass is 32.2. The summed E-state index contributed by atoms with van der Waals surface area (Å²) >= 11 is 0. The Kier molecular flexibility index (Phi) is 8.58. The summed E-state index contributed by atoms with van der Waals surface area (Å²) in [6.45, 7) is 4.09. The van der Waals surface area contributed by atoms with Crippen LogP contribution in [0, 0.1) is 0 Å². The Morgan fingerprint density at radius 2 is 1.70 bits per heavy atom. The summed E-state index contributed by atoms with van der Waals surface area (Å²) in [5.41, 5.74) is 3.04. The van der Waals surface area contributed by atoms with Crippen molar-refractivity contribution in [3.05, 3.63) is 90.0 Å². The number of sulfonamides is 1. The van der Waals surface area contributed by atoms with Crippen LogP contribution in [0.4, 0.5) is 11.4 Å². The van der Waals surface area contributed by atoms with Crippen molar-refractivity contribution >= 4 is 33.2 Å². The zero-order chi connectivity index (χ0) is 26.3. The van der Waals surface area contributed by atoms with Crippen LogP contribution in [0.3, 0.4) is 0 Å². The van der Waals surface area contributed by atoms with Gasteiger partial charge in [-0.1, -0.05) is 48.5 Å². The third kappa shape index (κ3) is 6.75. The van der Waals surface area contributed by atoms with Crippen LogP contribution in [-0.2, 0) is 26.0 Å². The van der Waals surface area contributed by atoms with Crippen molar-refractivity contribution in [1.29, 1.82) is 0 Å². The van der Waals surface area contributed by atoms with E-state index in [4.69, 9.17) is 0 Å². The monoisotopic (exact) mass is 520 g/mol. The zero-order valence-corrected chi connectivity index (χ0v) is 21.6. The first-order valence-corrected chi connectivity index (χ1v) is 13.9. The SMILES string of the molecule is CCN(CCCNC(=O)[C@H](NS(=O)(=O)c1ccc2c(c1)CCC(=O)N2)c1ccccc1)c1ccccc1. The molecule has 1 aliphatic heterocycles. The van der Waals surface area contributed by atoms with E-state index >= 15 is 0 Å². The predicted octanol–water partition coefficient (Wildman–Crippen LogP) is 3.62.